The van der Waals surface area contributed by atoms with Crippen molar-refractivity contribution in [2.45, 2.75) is 19.8 Å². The van der Waals surface area contributed by atoms with Crippen LogP contribution in [0.25, 0.3) is 0 Å². The highest BCUT2D eigenvalue weighted by Gasteiger charge is 2.39. The average molecular weight is 378 g/mol. The van der Waals surface area contributed by atoms with Gasteiger partial charge in [-0.3, -0.25) is 4.79 Å². The van der Waals surface area contributed by atoms with E-state index in [0.29, 0.717) is 5.13 Å². The highest BCUT2D eigenvalue weighted by atomic mass is 32.1. The van der Waals surface area contributed by atoms with E-state index >= 15 is 0 Å². The van der Waals surface area contributed by atoms with Gasteiger partial charge in [0.15, 0.2) is 5.13 Å². The molecule has 1 aromatic heterocycles. The van der Waals surface area contributed by atoms with E-state index in [1.165, 1.54) is 11.3 Å². The largest absolute Gasteiger partial charge is 0.497 e. The second-order valence-corrected chi connectivity index (χ2v) is 7.98. The SMILES string of the molecule is Bc1cc([C@@H](c2ccccc2)C(C)(C)C(=O)Nc2nccs2)ccc1OC. The van der Waals surface area contributed by atoms with Crippen LogP contribution in [0.5, 0.6) is 5.75 Å². The Morgan fingerprint density at radius 2 is 1.93 bits per heavy atom. The number of ether oxygens (including phenoxy) is 1. The molecule has 0 aliphatic heterocycles. The molecule has 1 heterocycles. The molecule has 1 amide bonds. The summed E-state index contributed by atoms with van der Waals surface area (Å²) >= 11 is 1.42. The van der Waals surface area contributed by atoms with Crippen molar-refractivity contribution in [3.05, 3.63) is 71.2 Å². The Bertz CT molecular complexity index is 911. The summed E-state index contributed by atoms with van der Waals surface area (Å²) in [5, 5.41) is 5.43. The fourth-order valence-electron chi connectivity index (χ4n) is 3.43. The molecule has 3 aromatic rings. The average Bonchev–Trinajstić information content (AvgIpc) is 3.16. The fourth-order valence-corrected chi connectivity index (χ4v) is 3.95. The van der Waals surface area contributed by atoms with E-state index in [1.807, 2.05) is 57.4 Å². The summed E-state index contributed by atoms with van der Waals surface area (Å²) in [6.45, 7) is 3.96. The van der Waals surface area contributed by atoms with Crippen LogP contribution in [0.2, 0.25) is 0 Å². The number of methoxy groups -OCH3 is 1. The molecule has 0 radical (unpaired) electrons. The zero-order valence-electron chi connectivity index (χ0n) is 16.0. The van der Waals surface area contributed by atoms with Gasteiger partial charge in [0.1, 0.15) is 13.6 Å². The lowest BCUT2D eigenvalue weighted by Gasteiger charge is -2.34. The Balaban J connectivity index is 2.04. The van der Waals surface area contributed by atoms with Crippen molar-refractivity contribution >= 4 is 35.7 Å². The minimum Gasteiger partial charge on any atom is -0.497 e. The van der Waals surface area contributed by atoms with Gasteiger partial charge in [-0.15, -0.1) is 11.3 Å². The molecule has 3 rings (SSSR count). The number of amides is 1. The van der Waals surface area contributed by atoms with Crippen LogP contribution in [0.1, 0.15) is 30.9 Å². The fraction of sp³-hybridized carbons (Fsp3) is 0.238. The molecule has 0 spiro atoms. The molecule has 0 saturated carbocycles. The molecular weight excluding hydrogens is 355 g/mol. The Labute approximate surface area is 165 Å². The van der Waals surface area contributed by atoms with Crippen molar-refractivity contribution in [1.29, 1.82) is 0 Å². The monoisotopic (exact) mass is 378 g/mol. The number of anilines is 1. The first-order chi connectivity index (χ1) is 12.9. The quantitative estimate of drug-likeness (QED) is 0.671. The molecule has 0 unspecified atom stereocenters. The van der Waals surface area contributed by atoms with Gasteiger partial charge in [-0.2, -0.15) is 0 Å². The Hall–Kier alpha value is -2.60. The summed E-state index contributed by atoms with van der Waals surface area (Å²) in [6.07, 6.45) is 1.69. The van der Waals surface area contributed by atoms with Gasteiger partial charge in [0.05, 0.1) is 12.5 Å². The summed E-state index contributed by atoms with van der Waals surface area (Å²) in [4.78, 5) is 17.3. The van der Waals surface area contributed by atoms with E-state index in [2.05, 4.69) is 28.5 Å². The van der Waals surface area contributed by atoms with E-state index in [-0.39, 0.29) is 11.8 Å². The van der Waals surface area contributed by atoms with E-state index in [0.717, 1.165) is 22.3 Å². The van der Waals surface area contributed by atoms with Gasteiger partial charge in [-0.25, -0.2) is 4.98 Å². The molecular formula is C21H23BN2O2S. The van der Waals surface area contributed by atoms with E-state index in [1.54, 1.807) is 13.3 Å². The smallest absolute Gasteiger partial charge is 0.232 e. The zero-order chi connectivity index (χ0) is 19.4. The van der Waals surface area contributed by atoms with E-state index in [9.17, 15) is 4.79 Å². The number of carbonyl (C=O) groups excluding carboxylic acids is 1. The molecule has 0 aliphatic carbocycles. The third-order valence-corrected chi connectivity index (χ3v) is 5.53. The molecule has 4 nitrogen and oxygen atoms in total. The van der Waals surface area contributed by atoms with Crippen molar-refractivity contribution in [3.63, 3.8) is 0 Å². The Morgan fingerprint density at radius 1 is 1.19 bits per heavy atom. The lowest BCUT2D eigenvalue weighted by molar-refractivity contribution is -0.124. The molecule has 6 heteroatoms. The first kappa shape index (κ1) is 19.2. The van der Waals surface area contributed by atoms with Gasteiger partial charge < -0.3 is 10.1 Å². The Morgan fingerprint density at radius 3 is 2.52 bits per heavy atom. The number of nitrogens with one attached hydrogen (secondary N) is 1. The molecule has 1 N–H and O–H groups in total. The van der Waals surface area contributed by atoms with Crippen LogP contribution in [-0.4, -0.2) is 25.8 Å². The predicted molar refractivity (Wildman–Crippen MR) is 114 cm³/mol. The minimum absolute atomic E-state index is 0.0558. The number of hydrogen-bond acceptors (Lipinski definition) is 4. The summed E-state index contributed by atoms with van der Waals surface area (Å²) in [5.74, 6) is 0.679. The second kappa shape index (κ2) is 7.97. The normalized spacial score (nSPS) is 12.4. The molecule has 0 fully saturated rings. The van der Waals surface area contributed by atoms with Gasteiger partial charge >= 0.3 is 0 Å². The molecule has 138 valence electrons. The maximum atomic E-state index is 13.2. The lowest BCUT2D eigenvalue weighted by Crippen LogP contribution is -2.37. The number of nitrogens with zero attached hydrogens (tertiary/aromatic N) is 1. The highest BCUT2D eigenvalue weighted by Crippen LogP contribution is 2.42. The molecule has 0 aliphatic rings. The van der Waals surface area contributed by atoms with E-state index < -0.39 is 5.41 Å². The zero-order valence-corrected chi connectivity index (χ0v) is 16.8. The van der Waals surface area contributed by atoms with Gasteiger partial charge in [0.25, 0.3) is 0 Å². The van der Waals surface area contributed by atoms with Gasteiger partial charge in [0.2, 0.25) is 5.91 Å². The molecule has 0 bridgehead atoms. The van der Waals surface area contributed by atoms with Gasteiger partial charge in [-0.05, 0) is 22.7 Å². The predicted octanol–water partition coefficient (Wildman–Crippen LogP) is 3.21. The van der Waals surface area contributed by atoms with Crippen molar-refractivity contribution in [2.24, 2.45) is 5.41 Å². The van der Waals surface area contributed by atoms with Crippen molar-refractivity contribution in [3.8, 4) is 5.75 Å². The maximum absolute atomic E-state index is 13.2. The number of thiazole rings is 1. The topological polar surface area (TPSA) is 51.2 Å². The van der Waals surface area contributed by atoms with E-state index in [4.69, 9.17) is 4.74 Å². The molecule has 1 atom stereocenters. The summed E-state index contributed by atoms with van der Waals surface area (Å²) < 4.78 is 5.40. The van der Waals surface area contributed by atoms with Crippen LogP contribution in [0, 0.1) is 5.41 Å². The third kappa shape index (κ3) is 4.06. The number of hydrogen-bond donors (Lipinski definition) is 1. The number of benzene rings is 2. The van der Waals surface area contributed by atoms with Crippen LogP contribution in [-0.2, 0) is 4.79 Å². The van der Waals surface area contributed by atoms with Crippen LogP contribution in [0.4, 0.5) is 5.13 Å². The van der Waals surface area contributed by atoms with Gasteiger partial charge in [0, 0.05) is 17.5 Å². The third-order valence-electron chi connectivity index (χ3n) is 4.84. The summed E-state index contributed by atoms with van der Waals surface area (Å²) in [5.41, 5.74) is 2.54. The minimum atomic E-state index is -0.686. The lowest BCUT2D eigenvalue weighted by atomic mass is 9.70. The van der Waals surface area contributed by atoms with Crippen LogP contribution < -0.4 is 15.5 Å². The van der Waals surface area contributed by atoms with Crippen LogP contribution in [0.3, 0.4) is 0 Å². The molecule has 0 saturated heterocycles. The highest BCUT2D eigenvalue weighted by molar-refractivity contribution is 7.13. The number of rotatable bonds is 6. The molecule has 27 heavy (non-hydrogen) atoms. The number of aromatic nitrogens is 1. The van der Waals surface area contributed by atoms with Crippen LogP contribution >= 0.6 is 11.3 Å². The number of carbonyl (C=O) groups is 1. The Kier molecular flexibility index (Phi) is 5.66. The first-order valence-electron chi connectivity index (χ1n) is 8.84. The molecule has 2 aromatic carbocycles. The second-order valence-electron chi connectivity index (χ2n) is 7.09. The summed E-state index contributed by atoms with van der Waals surface area (Å²) in [7, 11) is 3.69. The standard InChI is InChI=1S/C21H23BN2O2S/c1-21(2,19(25)24-20-23-11-12-27-20)18(14-7-5-4-6-8-14)15-9-10-17(26-3)16(22)13-15/h4-13,18H,22H2,1-3H3,(H,23,24,25)/t18-/m1/s1. The van der Waals surface area contributed by atoms with Crippen molar-refractivity contribution in [1.82, 2.24) is 4.98 Å². The van der Waals surface area contributed by atoms with Crippen molar-refractivity contribution in [2.75, 3.05) is 12.4 Å². The van der Waals surface area contributed by atoms with Crippen molar-refractivity contribution < 1.29 is 9.53 Å². The first-order valence-corrected chi connectivity index (χ1v) is 9.72. The van der Waals surface area contributed by atoms with Crippen LogP contribution in [0.15, 0.2) is 60.1 Å². The summed E-state index contributed by atoms with van der Waals surface area (Å²) in [6, 6.07) is 16.3. The maximum Gasteiger partial charge on any atom is 0.232 e. The van der Waals surface area contributed by atoms with Gasteiger partial charge in [-0.1, -0.05) is 56.3 Å².